The number of likely N-dealkylation sites (N-methyl/N-ethyl adjacent to an activating group) is 1. The van der Waals surface area contributed by atoms with E-state index < -0.39 is 13.7 Å². The van der Waals surface area contributed by atoms with Crippen LogP contribution in [0.25, 0.3) is 0 Å². The van der Waals surface area contributed by atoms with E-state index in [1.54, 1.807) is 24.0 Å². The van der Waals surface area contributed by atoms with Crippen LogP contribution in [-0.4, -0.2) is 71.5 Å². The smallest absolute Gasteiger partial charge is 0.264 e. The molecule has 2 N–H and O–H groups in total. The number of benzene rings is 2. The summed E-state index contributed by atoms with van der Waals surface area (Å²) in [5.74, 6) is 0.619. The molecule has 8 nitrogen and oxygen atoms in total. The van der Waals surface area contributed by atoms with Gasteiger partial charge in [0.15, 0.2) is 5.60 Å². The molecule has 2 fully saturated rings. The number of hydrogen-bond donors (Lipinski definition) is 2. The second kappa shape index (κ2) is 9.54. The summed E-state index contributed by atoms with van der Waals surface area (Å²) in [5, 5.41) is 14.4. The summed E-state index contributed by atoms with van der Waals surface area (Å²) < 4.78 is 12.2. The fraction of sp³-hybridized carbons (Fsp3) is 0.500. The normalized spacial score (nSPS) is 27.8. The lowest BCUT2D eigenvalue weighted by Gasteiger charge is -2.37. The summed E-state index contributed by atoms with van der Waals surface area (Å²) in [5.41, 5.74) is 1.35. The van der Waals surface area contributed by atoms with Crippen molar-refractivity contribution in [3.63, 3.8) is 0 Å². The van der Waals surface area contributed by atoms with Crippen molar-refractivity contribution in [2.24, 2.45) is 5.92 Å². The molecule has 3 heterocycles. The van der Waals surface area contributed by atoms with Gasteiger partial charge in [0.25, 0.3) is 5.91 Å². The Labute approximate surface area is 219 Å². The fourth-order valence-electron chi connectivity index (χ4n) is 6.85. The molecular weight excluding hydrogens is 486 g/mol. The minimum Gasteiger partial charge on any atom is -0.497 e. The highest BCUT2D eigenvalue weighted by atomic mass is 28.3. The van der Waals surface area contributed by atoms with Gasteiger partial charge in [-0.2, -0.15) is 0 Å². The highest BCUT2D eigenvalue weighted by molar-refractivity contribution is 6.91. The van der Waals surface area contributed by atoms with Crippen LogP contribution in [0.15, 0.2) is 42.5 Å². The van der Waals surface area contributed by atoms with E-state index in [2.05, 4.69) is 37.5 Å². The molecule has 198 valence electrons. The van der Waals surface area contributed by atoms with Gasteiger partial charge in [-0.15, -0.1) is 0 Å². The van der Waals surface area contributed by atoms with Crippen LogP contribution in [0.5, 0.6) is 5.75 Å². The van der Waals surface area contributed by atoms with Crippen molar-refractivity contribution in [3.8, 4) is 5.75 Å². The van der Waals surface area contributed by atoms with Crippen molar-refractivity contribution >= 4 is 36.4 Å². The number of carbonyl (C=O) groups excluding carboxylic acids is 2. The number of anilines is 2. The molecule has 1 spiro atoms. The minimum absolute atomic E-state index is 0.0106. The van der Waals surface area contributed by atoms with E-state index in [1.807, 2.05) is 30.3 Å². The van der Waals surface area contributed by atoms with Gasteiger partial charge in [0.05, 0.1) is 33.5 Å². The van der Waals surface area contributed by atoms with E-state index in [9.17, 15) is 14.7 Å². The molecule has 2 aromatic rings. The van der Waals surface area contributed by atoms with Gasteiger partial charge >= 0.3 is 0 Å². The number of aliphatic hydroxyl groups is 1. The molecule has 3 aliphatic heterocycles. The summed E-state index contributed by atoms with van der Waals surface area (Å²) in [6.07, 6.45) is 0.197. The number of amides is 2. The zero-order valence-corrected chi connectivity index (χ0v) is 23.3. The molecule has 0 radical (unpaired) electrons. The molecule has 4 atom stereocenters. The maximum atomic E-state index is 14.0. The first-order valence-electron chi connectivity index (χ1n) is 13.0. The average Bonchev–Trinajstić information content (AvgIpc) is 3.31. The number of fused-ring (bicyclic) bond motifs is 2. The standard InChI is InChI=1S/C28H37N3O5Si/c1-18-26(37(4,5)21-9-7-20(35-3)8-10-21)24(12-15-32)36-28(18)22-16-19(31-14-13-29-17-25(31)33)6-11-23(22)30(2)27(28)34/h6-11,16,18,24,26,29,32H,12-15,17H2,1-5H3/t18-,24+,26-,28+/m1/s1. The Morgan fingerprint density at radius 3 is 2.57 bits per heavy atom. The Kier molecular flexibility index (Phi) is 6.68. The van der Waals surface area contributed by atoms with Gasteiger partial charge in [0.2, 0.25) is 5.91 Å². The number of nitrogens with one attached hydrogen (secondary N) is 1. The number of aliphatic hydroxyl groups excluding tert-OH is 1. The van der Waals surface area contributed by atoms with Crippen LogP contribution >= 0.6 is 0 Å². The lowest BCUT2D eigenvalue weighted by molar-refractivity contribution is -0.145. The first-order chi connectivity index (χ1) is 17.7. The van der Waals surface area contributed by atoms with E-state index in [0.29, 0.717) is 19.5 Å². The van der Waals surface area contributed by atoms with Crippen LogP contribution in [0.2, 0.25) is 18.6 Å². The number of piperazine rings is 1. The van der Waals surface area contributed by atoms with Gasteiger partial charge in [-0.1, -0.05) is 37.3 Å². The number of rotatable bonds is 6. The predicted octanol–water partition coefficient (Wildman–Crippen LogP) is 2.21. The molecule has 0 saturated carbocycles. The molecule has 0 bridgehead atoms. The van der Waals surface area contributed by atoms with Crippen molar-refractivity contribution in [1.82, 2.24) is 5.32 Å². The third-order valence-corrected chi connectivity index (χ3v) is 13.1. The minimum atomic E-state index is -2.20. The molecular formula is C28H37N3O5Si. The lowest BCUT2D eigenvalue weighted by atomic mass is 9.82. The Hall–Kier alpha value is -2.72. The monoisotopic (exact) mass is 523 g/mol. The fourth-order valence-corrected chi connectivity index (χ4v) is 10.9. The lowest BCUT2D eigenvalue weighted by Crippen LogP contribution is -2.51. The molecule has 2 aromatic carbocycles. The first kappa shape index (κ1) is 25.9. The van der Waals surface area contributed by atoms with Crippen LogP contribution < -0.4 is 25.0 Å². The Morgan fingerprint density at radius 2 is 1.92 bits per heavy atom. The number of carbonyl (C=O) groups is 2. The summed E-state index contributed by atoms with van der Waals surface area (Å²) in [4.78, 5) is 30.2. The van der Waals surface area contributed by atoms with Crippen LogP contribution in [0.3, 0.4) is 0 Å². The maximum absolute atomic E-state index is 14.0. The molecule has 0 unspecified atom stereocenters. The second-order valence-electron chi connectivity index (χ2n) is 11.0. The van der Waals surface area contributed by atoms with Gasteiger partial charge in [0, 0.05) is 43.9 Å². The summed E-state index contributed by atoms with van der Waals surface area (Å²) >= 11 is 0. The Bertz CT molecular complexity index is 1200. The molecule has 2 amide bonds. The Morgan fingerprint density at radius 1 is 1.19 bits per heavy atom. The van der Waals surface area contributed by atoms with Crippen LogP contribution in [0.4, 0.5) is 11.4 Å². The Balaban J connectivity index is 1.60. The van der Waals surface area contributed by atoms with E-state index in [4.69, 9.17) is 9.47 Å². The van der Waals surface area contributed by atoms with Gasteiger partial charge < -0.3 is 29.7 Å². The molecule has 0 aliphatic carbocycles. The topological polar surface area (TPSA) is 91.3 Å². The summed E-state index contributed by atoms with van der Waals surface area (Å²) in [6.45, 7) is 8.37. The van der Waals surface area contributed by atoms with Gasteiger partial charge in [0.1, 0.15) is 5.75 Å². The van der Waals surface area contributed by atoms with Crippen molar-refractivity contribution in [2.75, 3.05) is 50.2 Å². The molecule has 0 aromatic heterocycles. The highest BCUT2D eigenvalue weighted by Crippen LogP contribution is 2.60. The molecule has 9 heteroatoms. The van der Waals surface area contributed by atoms with E-state index in [-0.39, 0.29) is 36.0 Å². The zero-order chi connectivity index (χ0) is 26.5. The van der Waals surface area contributed by atoms with Gasteiger partial charge in [-0.25, -0.2) is 0 Å². The van der Waals surface area contributed by atoms with E-state index in [0.717, 1.165) is 29.2 Å². The molecule has 3 aliphatic rings. The third kappa shape index (κ3) is 3.91. The predicted molar refractivity (Wildman–Crippen MR) is 146 cm³/mol. The average molecular weight is 524 g/mol. The zero-order valence-electron chi connectivity index (χ0n) is 22.3. The first-order valence-corrected chi connectivity index (χ1v) is 16.1. The van der Waals surface area contributed by atoms with E-state index >= 15 is 0 Å². The summed E-state index contributed by atoms with van der Waals surface area (Å²) in [6, 6.07) is 14.1. The maximum Gasteiger partial charge on any atom is 0.264 e. The number of nitrogens with zero attached hydrogens (tertiary/aromatic N) is 2. The third-order valence-electron chi connectivity index (χ3n) is 8.76. The SMILES string of the molecule is COc1ccc([Si](C)(C)[C@H]2[C@H](CCO)O[C@@]3(C(=O)N(C)c4ccc(N5CCNCC5=O)cc43)[C@@H]2C)cc1. The van der Waals surface area contributed by atoms with Crippen LogP contribution in [0.1, 0.15) is 18.9 Å². The number of hydrogen-bond acceptors (Lipinski definition) is 6. The molecule has 5 rings (SSSR count). The van der Waals surface area contributed by atoms with Crippen LogP contribution in [0, 0.1) is 5.92 Å². The van der Waals surface area contributed by atoms with Crippen molar-refractivity contribution < 1.29 is 24.2 Å². The van der Waals surface area contributed by atoms with Crippen LogP contribution in [-0.2, 0) is 19.9 Å². The van der Waals surface area contributed by atoms with Crippen molar-refractivity contribution in [1.29, 1.82) is 0 Å². The van der Waals surface area contributed by atoms with Crippen molar-refractivity contribution in [2.45, 2.75) is 43.7 Å². The highest BCUT2D eigenvalue weighted by Gasteiger charge is 2.65. The summed E-state index contributed by atoms with van der Waals surface area (Å²) in [7, 11) is 1.25. The van der Waals surface area contributed by atoms with Crippen molar-refractivity contribution in [3.05, 3.63) is 48.0 Å². The molecule has 37 heavy (non-hydrogen) atoms. The second-order valence-corrected chi connectivity index (χ2v) is 15.6. The quantitative estimate of drug-likeness (QED) is 0.565. The number of ether oxygens (including phenoxy) is 2. The number of methoxy groups -OCH3 is 1. The largest absolute Gasteiger partial charge is 0.497 e. The van der Waals surface area contributed by atoms with E-state index in [1.165, 1.54) is 5.19 Å². The molecule has 2 saturated heterocycles. The van der Waals surface area contributed by atoms with Gasteiger partial charge in [-0.05, 0) is 42.3 Å². The van der Waals surface area contributed by atoms with Gasteiger partial charge in [-0.3, -0.25) is 9.59 Å².